The van der Waals surface area contributed by atoms with Gasteiger partial charge in [-0.3, -0.25) is 4.79 Å². The van der Waals surface area contributed by atoms with Crippen LogP contribution in [-0.4, -0.2) is 5.78 Å². The largest absolute Gasteiger partial charge is 0.489 e. The third-order valence-corrected chi connectivity index (χ3v) is 6.64. The monoisotopic (exact) mass is 444 g/mol. The molecule has 144 valence electrons. The maximum absolute atomic E-state index is 13.5. The van der Waals surface area contributed by atoms with Gasteiger partial charge in [0.15, 0.2) is 5.78 Å². The van der Waals surface area contributed by atoms with E-state index in [1.54, 1.807) is 0 Å². The first-order valence-electron chi connectivity index (χ1n) is 9.83. The maximum Gasteiger partial charge on any atom is 0.194 e. The minimum absolute atomic E-state index is 0.112. The molecular formula is C26H21BrO2. The van der Waals surface area contributed by atoms with E-state index in [0.717, 1.165) is 44.5 Å². The lowest BCUT2D eigenvalue weighted by atomic mass is 9.68. The average molecular weight is 445 g/mol. The Labute approximate surface area is 179 Å². The Morgan fingerprint density at radius 1 is 0.966 bits per heavy atom. The molecule has 2 aliphatic carbocycles. The van der Waals surface area contributed by atoms with Gasteiger partial charge in [0.05, 0.1) is 0 Å². The number of Topliss-reactive ketones (excluding diaryl/α,β-unsaturated/α-hetero) is 1. The molecule has 0 unspecified atom stereocenters. The van der Waals surface area contributed by atoms with E-state index >= 15 is 0 Å². The van der Waals surface area contributed by atoms with Crippen molar-refractivity contribution in [2.24, 2.45) is 0 Å². The summed E-state index contributed by atoms with van der Waals surface area (Å²) in [4.78, 5) is 13.5. The van der Waals surface area contributed by atoms with E-state index in [2.05, 4.69) is 48.0 Å². The smallest absolute Gasteiger partial charge is 0.194 e. The number of carbonyl (C=O) groups is 1. The summed E-state index contributed by atoms with van der Waals surface area (Å²) >= 11 is 3.56. The van der Waals surface area contributed by atoms with E-state index in [4.69, 9.17) is 4.74 Å². The lowest BCUT2D eigenvalue weighted by molar-refractivity contribution is 0.105. The van der Waals surface area contributed by atoms with Crippen LogP contribution in [0.3, 0.4) is 0 Å². The third kappa shape index (κ3) is 2.96. The zero-order chi connectivity index (χ0) is 20.2. The minimum Gasteiger partial charge on any atom is -0.489 e. The molecule has 29 heavy (non-hydrogen) atoms. The highest BCUT2D eigenvalue weighted by Crippen LogP contribution is 2.50. The van der Waals surface area contributed by atoms with Crippen LogP contribution in [0, 0.1) is 0 Å². The van der Waals surface area contributed by atoms with Crippen LogP contribution in [0.2, 0.25) is 0 Å². The van der Waals surface area contributed by atoms with Crippen LogP contribution >= 0.6 is 15.9 Å². The molecule has 0 spiro atoms. The number of carbonyl (C=O) groups excluding carboxylic acids is 1. The molecule has 3 heteroatoms. The highest BCUT2D eigenvalue weighted by Gasteiger charge is 2.42. The first-order chi connectivity index (χ1) is 13.9. The van der Waals surface area contributed by atoms with Crippen molar-refractivity contribution < 1.29 is 9.53 Å². The van der Waals surface area contributed by atoms with Crippen LogP contribution in [0.25, 0.3) is 5.57 Å². The van der Waals surface area contributed by atoms with Crippen molar-refractivity contribution in [2.75, 3.05) is 0 Å². The first kappa shape index (κ1) is 18.4. The molecule has 0 aliphatic heterocycles. The summed E-state index contributed by atoms with van der Waals surface area (Å²) < 4.78 is 7.05. The van der Waals surface area contributed by atoms with Crippen molar-refractivity contribution in [3.8, 4) is 5.75 Å². The molecule has 0 amide bonds. The molecule has 0 heterocycles. The Balaban J connectivity index is 1.53. The summed E-state index contributed by atoms with van der Waals surface area (Å²) in [6, 6.07) is 22.3. The Morgan fingerprint density at radius 3 is 2.55 bits per heavy atom. The molecule has 0 N–H and O–H groups in total. The van der Waals surface area contributed by atoms with Gasteiger partial charge in [0.25, 0.3) is 0 Å². The zero-order valence-electron chi connectivity index (χ0n) is 16.5. The van der Waals surface area contributed by atoms with Gasteiger partial charge in [0.1, 0.15) is 12.4 Å². The summed E-state index contributed by atoms with van der Waals surface area (Å²) in [7, 11) is 0. The first-order valence-corrected chi connectivity index (χ1v) is 10.6. The Morgan fingerprint density at radius 2 is 1.76 bits per heavy atom. The highest BCUT2D eigenvalue weighted by atomic mass is 79.9. The number of ketones is 1. The standard InChI is InChI=1S/C26H21BrO2/c1-26(2)22-11-9-19(29-15-16-6-4-3-5-7-16)14-21(22)25(28)24-20-10-8-18(27)12-17(20)13-23(24)26/h3-12,14H,13,15H2,1-2H3. The van der Waals surface area contributed by atoms with E-state index in [1.165, 1.54) is 11.1 Å². The fourth-order valence-corrected chi connectivity index (χ4v) is 4.98. The number of fused-ring (bicyclic) bond motifs is 3. The summed E-state index contributed by atoms with van der Waals surface area (Å²) in [6.07, 6.45) is 0.828. The topological polar surface area (TPSA) is 26.3 Å². The van der Waals surface area contributed by atoms with Crippen LogP contribution in [0.5, 0.6) is 5.75 Å². The molecule has 0 saturated heterocycles. The van der Waals surface area contributed by atoms with Crippen molar-refractivity contribution in [3.63, 3.8) is 0 Å². The molecule has 3 aromatic carbocycles. The summed E-state index contributed by atoms with van der Waals surface area (Å²) in [5.41, 5.74) is 7.16. The molecule has 0 aromatic heterocycles. The van der Waals surface area contributed by atoms with Gasteiger partial charge in [-0.25, -0.2) is 0 Å². The average Bonchev–Trinajstić information content (AvgIpc) is 3.11. The molecular weight excluding hydrogens is 424 g/mol. The normalized spacial score (nSPS) is 16.3. The molecule has 5 rings (SSSR count). The van der Waals surface area contributed by atoms with Gasteiger partial charge in [-0.05, 0) is 58.5 Å². The molecule has 2 nitrogen and oxygen atoms in total. The summed E-state index contributed by atoms with van der Waals surface area (Å²) in [5.74, 6) is 0.843. The quantitative estimate of drug-likeness (QED) is 0.459. The second kappa shape index (κ2) is 6.70. The van der Waals surface area contributed by atoms with Crippen LogP contribution < -0.4 is 4.74 Å². The van der Waals surface area contributed by atoms with Crippen molar-refractivity contribution in [1.29, 1.82) is 0 Å². The summed E-state index contributed by atoms with van der Waals surface area (Å²) in [6.45, 7) is 4.93. The maximum atomic E-state index is 13.5. The number of allylic oxidation sites excluding steroid dienone is 2. The van der Waals surface area contributed by atoms with Gasteiger partial charge in [-0.1, -0.05) is 72.2 Å². The van der Waals surface area contributed by atoms with E-state index in [9.17, 15) is 4.79 Å². The van der Waals surface area contributed by atoms with Crippen molar-refractivity contribution >= 4 is 27.3 Å². The number of hydrogen-bond acceptors (Lipinski definition) is 2. The minimum atomic E-state index is -0.192. The highest BCUT2D eigenvalue weighted by molar-refractivity contribution is 9.10. The second-order valence-corrected chi connectivity index (χ2v) is 9.18. The molecule has 0 fully saturated rings. The van der Waals surface area contributed by atoms with Crippen molar-refractivity contribution in [3.05, 3.63) is 105 Å². The van der Waals surface area contributed by atoms with E-state index in [1.807, 2.05) is 48.5 Å². The van der Waals surface area contributed by atoms with Gasteiger partial charge in [0.2, 0.25) is 0 Å². The fraction of sp³-hybridized carbons (Fsp3) is 0.192. The molecule has 3 aromatic rings. The van der Waals surface area contributed by atoms with Gasteiger partial charge in [-0.15, -0.1) is 0 Å². The Kier molecular flexibility index (Phi) is 4.25. The van der Waals surface area contributed by atoms with Gasteiger partial charge in [-0.2, -0.15) is 0 Å². The van der Waals surface area contributed by atoms with Crippen LogP contribution in [0.4, 0.5) is 0 Å². The predicted octanol–water partition coefficient (Wildman–Crippen LogP) is 6.51. The number of halogens is 1. The Hall–Kier alpha value is -2.65. The number of rotatable bonds is 3. The van der Waals surface area contributed by atoms with Crippen LogP contribution in [0.15, 0.2) is 76.8 Å². The van der Waals surface area contributed by atoms with Gasteiger partial charge < -0.3 is 4.74 Å². The zero-order valence-corrected chi connectivity index (χ0v) is 18.0. The van der Waals surface area contributed by atoms with E-state index < -0.39 is 0 Å². The Bertz CT molecular complexity index is 1170. The molecule has 0 bridgehead atoms. The number of hydrogen-bond donors (Lipinski definition) is 0. The third-order valence-electron chi connectivity index (χ3n) is 6.14. The lowest BCUT2D eigenvalue weighted by Crippen LogP contribution is -2.29. The van der Waals surface area contributed by atoms with Gasteiger partial charge in [0, 0.05) is 21.0 Å². The fourth-order valence-electron chi connectivity index (χ4n) is 4.57. The SMILES string of the molecule is CC1(C)C2=C(C(=O)c3cc(OCc4ccccc4)ccc31)c1ccc(Br)cc1C2. The van der Waals surface area contributed by atoms with Crippen molar-refractivity contribution in [2.45, 2.75) is 32.3 Å². The second-order valence-electron chi connectivity index (χ2n) is 8.27. The molecule has 2 aliphatic rings. The predicted molar refractivity (Wildman–Crippen MR) is 119 cm³/mol. The van der Waals surface area contributed by atoms with Gasteiger partial charge >= 0.3 is 0 Å². The van der Waals surface area contributed by atoms with E-state index in [-0.39, 0.29) is 11.2 Å². The number of benzene rings is 3. The van der Waals surface area contributed by atoms with Crippen LogP contribution in [0.1, 0.15) is 46.5 Å². The molecule has 0 atom stereocenters. The number of ether oxygens (including phenoxy) is 1. The van der Waals surface area contributed by atoms with Crippen molar-refractivity contribution in [1.82, 2.24) is 0 Å². The van der Waals surface area contributed by atoms with Crippen LogP contribution in [-0.2, 0) is 18.4 Å². The molecule has 0 radical (unpaired) electrons. The molecule has 0 saturated carbocycles. The lowest BCUT2D eigenvalue weighted by Gasteiger charge is -2.34. The van der Waals surface area contributed by atoms with E-state index in [0.29, 0.717) is 6.61 Å². The summed E-state index contributed by atoms with van der Waals surface area (Å²) in [5, 5.41) is 0.